The minimum absolute atomic E-state index is 0. The van der Waals surface area contributed by atoms with E-state index in [-0.39, 0.29) is 24.8 Å². The van der Waals surface area contributed by atoms with Crippen molar-refractivity contribution in [2.45, 2.75) is 13.2 Å². The Hall–Kier alpha value is -1.21. The highest BCUT2D eigenvalue weighted by Gasteiger charge is 2.12. The average Bonchev–Trinajstić information content (AvgIpc) is 2.72. The van der Waals surface area contributed by atoms with Crippen LogP contribution in [-0.4, -0.2) is 51.4 Å². The number of ether oxygens (including phenoxy) is 3. The number of para-hydroxylation sites is 1. The van der Waals surface area contributed by atoms with Crippen molar-refractivity contribution in [2.24, 2.45) is 0 Å². The number of halogens is 3. The summed E-state index contributed by atoms with van der Waals surface area (Å²) in [6.07, 6.45) is 0. The van der Waals surface area contributed by atoms with Crippen molar-refractivity contribution in [3.05, 3.63) is 58.6 Å². The van der Waals surface area contributed by atoms with Gasteiger partial charge in [0.05, 0.1) is 20.3 Å². The molecule has 1 aliphatic heterocycles. The molecule has 0 unspecified atom stereocenters. The number of hydrogen-bond acceptors (Lipinski definition) is 5. The van der Waals surface area contributed by atoms with Gasteiger partial charge < -0.3 is 44.3 Å². The molecule has 0 spiro atoms. The molecule has 0 atom stereocenters. The van der Waals surface area contributed by atoms with Crippen LogP contribution in [0.25, 0.3) is 0 Å². The van der Waals surface area contributed by atoms with E-state index in [0.717, 1.165) is 73.6 Å². The van der Waals surface area contributed by atoms with Gasteiger partial charge in [0.25, 0.3) is 0 Å². The molecule has 1 heterocycles. The molecule has 0 amide bonds. The highest BCUT2D eigenvalue weighted by molar-refractivity contribution is 6.30. The topological polar surface area (TPSA) is 43.0 Å². The van der Waals surface area contributed by atoms with Crippen LogP contribution in [0.15, 0.2) is 42.5 Å². The number of methoxy groups -OCH3 is 1. The fourth-order valence-corrected chi connectivity index (χ4v) is 3.17. The zero-order valence-corrected chi connectivity index (χ0v) is 18.8. The van der Waals surface area contributed by atoms with Crippen molar-refractivity contribution in [3.8, 4) is 11.5 Å². The molecule has 1 aliphatic rings. The van der Waals surface area contributed by atoms with Crippen LogP contribution in [0, 0.1) is 0 Å². The van der Waals surface area contributed by atoms with Crippen LogP contribution in [0.4, 0.5) is 0 Å². The molecule has 0 saturated carbocycles. The van der Waals surface area contributed by atoms with Crippen molar-refractivity contribution >= 4 is 11.6 Å². The molecule has 0 aliphatic carbocycles. The van der Waals surface area contributed by atoms with Crippen LogP contribution in [-0.2, 0) is 17.9 Å². The highest BCUT2D eigenvalue weighted by atomic mass is 35.5. The average molecular weight is 462 g/mol. The summed E-state index contributed by atoms with van der Waals surface area (Å²) in [5.74, 6) is 1.53. The lowest BCUT2D eigenvalue weighted by Crippen LogP contribution is -3.00. The first-order valence-electron chi connectivity index (χ1n) is 9.30. The third kappa shape index (κ3) is 8.21. The largest absolute Gasteiger partial charge is 1.00 e. The second-order valence-electron chi connectivity index (χ2n) is 6.49. The molecule has 2 aromatic carbocycles. The molecular weight excluding hydrogens is 435 g/mol. The summed E-state index contributed by atoms with van der Waals surface area (Å²) in [5, 5.41) is 4.23. The smallest absolute Gasteiger partial charge is 0.166 e. The third-order valence-electron chi connectivity index (χ3n) is 4.60. The van der Waals surface area contributed by atoms with E-state index in [1.54, 1.807) is 7.11 Å². The normalized spacial score (nSPS) is 13.9. The standard InChI is InChI=1S/C21H27ClN2O3.2ClH/c1-25-20-4-2-3-18(15-23-9-10-24-11-13-26-14-12-24)21(20)27-16-17-5-7-19(22)8-6-17;;/h2-8,23H,9-16H2,1H3;2*1H/p-2. The van der Waals surface area contributed by atoms with Gasteiger partial charge in [0.1, 0.15) is 6.61 Å². The van der Waals surface area contributed by atoms with Gasteiger partial charge in [-0.05, 0) is 23.8 Å². The van der Waals surface area contributed by atoms with E-state index in [1.165, 1.54) is 0 Å². The molecule has 29 heavy (non-hydrogen) atoms. The first-order chi connectivity index (χ1) is 13.3. The highest BCUT2D eigenvalue weighted by Crippen LogP contribution is 2.31. The fourth-order valence-electron chi connectivity index (χ4n) is 3.05. The van der Waals surface area contributed by atoms with E-state index < -0.39 is 0 Å². The monoisotopic (exact) mass is 460 g/mol. The SMILES string of the molecule is COc1cccc(CNCCN2CCOCC2)c1OCc1ccc(Cl)cc1.[Cl-].[Cl-]. The Morgan fingerprint density at radius 3 is 2.48 bits per heavy atom. The van der Waals surface area contributed by atoms with Crippen LogP contribution in [0.5, 0.6) is 11.5 Å². The van der Waals surface area contributed by atoms with Gasteiger partial charge in [0.15, 0.2) is 11.5 Å². The maximum atomic E-state index is 6.10. The van der Waals surface area contributed by atoms with Crippen LogP contribution in [0.2, 0.25) is 5.02 Å². The quantitative estimate of drug-likeness (QED) is 0.414. The molecule has 0 bridgehead atoms. The molecule has 1 N–H and O–H groups in total. The molecule has 5 nitrogen and oxygen atoms in total. The van der Waals surface area contributed by atoms with Crippen LogP contribution in [0.1, 0.15) is 11.1 Å². The second-order valence-corrected chi connectivity index (χ2v) is 6.93. The van der Waals surface area contributed by atoms with Gasteiger partial charge in [0.2, 0.25) is 0 Å². The van der Waals surface area contributed by atoms with E-state index in [2.05, 4.69) is 16.3 Å². The lowest BCUT2D eigenvalue weighted by atomic mass is 10.1. The zero-order valence-electron chi connectivity index (χ0n) is 16.5. The Labute approximate surface area is 190 Å². The number of hydrogen-bond donors (Lipinski definition) is 1. The summed E-state index contributed by atoms with van der Waals surface area (Å²) in [7, 11) is 1.67. The van der Waals surface area contributed by atoms with Gasteiger partial charge in [-0.3, -0.25) is 4.90 Å². The van der Waals surface area contributed by atoms with Gasteiger partial charge >= 0.3 is 0 Å². The first-order valence-corrected chi connectivity index (χ1v) is 9.68. The zero-order chi connectivity index (χ0) is 18.9. The summed E-state index contributed by atoms with van der Waals surface area (Å²) in [6, 6.07) is 13.7. The van der Waals surface area contributed by atoms with E-state index in [4.69, 9.17) is 25.8 Å². The summed E-state index contributed by atoms with van der Waals surface area (Å²) >= 11 is 5.95. The van der Waals surface area contributed by atoms with Crippen LogP contribution in [0.3, 0.4) is 0 Å². The van der Waals surface area contributed by atoms with Gasteiger partial charge in [-0.1, -0.05) is 35.9 Å². The molecule has 8 heteroatoms. The number of benzene rings is 2. The summed E-state index contributed by atoms with van der Waals surface area (Å²) in [4.78, 5) is 2.42. The van der Waals surface area contributed by atoms with Crippen LogP contribution >= 0.6 is 11.6 Å². The number of nitrogens with one attached hydrogen (secondary N) is 1. The molecule has 1 fully saturated rings. The molecule has 0 radical (unpaired) electrons. The Morgan fingerprint density at radius 1 is 1.07 bits per heavy atom. The Kier molecular flexibility index (Phi) is 12.4. The lowest BCUT2D eigenvalue weighted by Gasteiger charge is -2.26. The predicted octanol–water partition coefficient (Wildman–Crippen LogP) is -2.64. The van der Waals surface area contributed by atoms with Crippen molar-refractivity contribution < 1.29 is 39.0 Å². The first kappa shape index (κ1) is 25.8. The summed E-state index contributed by atoms with van der Waals surface area (Å²) in [5.41, 5.74) is 2.15. The van der Waals surface area contributed by atoms with E-state index in [0.29, 0.717) is 6.61 Å². The van der Waals surface area contributed by atoms with Gasteiger partial charge in [-0.2, -0.15) is 0 Å². The summed E-state index contributed by atoms with van der Waals surface area (Å²) in [6.45, 7) is 6.83. The number of rotatable bonds is 9. The van der Waals surface area contributed by atoms with Crippen molar-refractivity contribution in [3.63, 3.8) is 0 Å². The number of morpholine rings is 1. The van der Waals surface area contributed by atoms with E-state index in [9.17, 15) is 0 Å². The molecule has 2 aromatic rings. The van der Waals surface area contributed by atoms with E-state index in [1.807, 2.05) is 36.4 Å². The fraction of sp³-hybridized carbons (Fsp3) is 0.429. The molecule has 0 aromatic heterocycles. The molecule has 3 rings (SSSR count). The van der Waals surface area contributed by atoms with Gasteiger partial charge in [0, 0.05) is 43.3 Å². The van der Waals surface area contributed by atoms with Crippen molar-refractivity contribution in [2.75, 3.05) is 46.5 Å². The lowest BCUT2D eigenvalue weighted by molar-refractivity contribution is -0.001000. The molecule has 162 valence electrons. The predicted molar refractivity (Wildman–Crippen MR) is 108 cm³/mol. The minimum Gasteiger partial charge on any atom is -1.00 e. The van der Waals surface area contributed by atoms with Gasteiger partial charge in [-0.15, -0.1) is 0 Å². The third-order valence-corrected chi connectivity index (χ3v) is 4.85. The Balaban J connectivity index is 0.00000210. The second kappa shape index (κ2) is 13.9. The number of nitrogens with zero attached hydrogens (tertiary/aromatic N) is 1. The molecule has 1 saturated heterocycles. The maximum absolute atomic E-state index is 6.10. The van der Waals surface area contributed by atoms with Gasteiger partial charge in [-0.25, -0.2) is 0 Å². The minimum atomic E-state index is 0. The maximum Gasteiger partial charge on any atom is 0.166 e. The van der Waals surface area contributed by atoms with Crippen LogP contribution < -0.4 is 39.6 Å². The van der Waals surface area contributed by atoms with E-state index >= 15 is 0 Å². The summed E-state index contributed by atoms with van der Waals surface area (Å²) < 4.78 is 17.0. The molecular formula is C21H27Cl3N2O3-2. The Morgan fingerprint density at radius 2 is 1.79 bits per heavy atom. The Bertz CT molecular complexity index is 711. The van der Waals surface area contributed by atoms with Crippen molar-refractivity contribution in [1.82, 2.24) is 10.2 Å². The van der Waals surface area contributed by atoms with Crippen molar-refractivity contribution in [1.29, 1.82) is 0 Å².